The third kappa shape index (κ3) is 1.73. The molecule has 1 amide bonds. The van der Waals surface area contributed by atoms with Crippen molar-refractivity contribution in [1.82, 2.24) is 4.90 Å². The van der Waals surface area contributed by atoms with Crippen LogP contribution in [0.2, 0.25) is 0 Å². The van der Waals surface area contributed by atoms with E-state index >= 15 is 0 Å². The Hall–Kier alpha value is -1.98. The number of amides is 1. The Kier molecular flexibility index (Phi) is 2.80. The van der Waals surface area contributed by atoms with E-state index < -0.39 is 16.3 Å². The largest absolute Gasteiger partial charge is 0.336 e. The second-order valence-corrected chi connectivity index (χ2v) is 4.65. The molecule has 0 radical (unpaired) electrons. The molecule has 1 unspecified atom stereocenters. The van der Waals surface area contributed by atoms with E-state index in [1.807, 2.05) is 0 Å². The van der Waals surface area contributed by atoms with E-state index in [4.69, 9.17) is 0 Å². The van der Waals surface area contributed by atoms with Crippen LogP contribution in [0, 0.1) is 15.9 Å². The lowest BCUT2D eigenvalue weighted by atomic mass is 9.88. The summed E-state index contributed by atoms with van der Waals surface area (Å²) in [6.45, 7) is 1.76. The van der Waals surface area contributed by atoms with Crippen LogP contribution in [0.25, 0.3) is 0 Å². The Bertz CT molecular complexity index is 532. The van der Waals surface area contributed by atoms with Gasteiger partial charge in [-0.05, 0) is 25.5 Å². The fourth-order valence-corrected chi connectivity index (χ4v) is 2.39. The predicted octanol–water partition coefficient (Wildman–Crippen LogP) is 2.20. The first-order chi connectivity index (χ1) is 8.36. The summed E-state index contributed by atoms with van der Waals surface area (Å²) in [6.07, 6.45) is 0.844. The number of hydrogen-bond donors (Lipinski definition) is 0. The number of benzene rings is 1. The lowest BCUT2D eigenvalue weighted by Crippen LogP contribution is -2.38. The highest BCUT2D eigenvalue weighted by molar-refractivity contribution is 5.80. The second-order valence-electron chi connectivity index (χ2n) is 4.65. The van der Waals surface area contributed by atoms with Crippen LogP contribution in [0.1, 0.15) is 25.3 Å². The number of carbonyl (C=O) groups is 1. The molecule has 2 rings (SSSR count). The van der Waals surface area contributed by atoms with Gasteiger partial charge < -0.3 is 4.90 Å². The van der Waals surface area contributed by atoms with Gasteiger partial charge in [-0.1, -0.05) is 0 Å². The molecule has 18 heavy (non-hydrogen) atoms. The highest BCUT2D eigenvalue weighted by Gasteiger charge is 2.44. The number of carbonyl (C=O) groups excluding carboxylic acids is 1. The monoisotopic (exact) mass is 252 g/mol. The molecule has 1 aliphatic rings. The number of nitro groups is 1. The molecule has 0 saturated carbocycles. The summed E-state index contributed by atoms with van der Waals surface area (Å²) in [4.78, 5) is 23.5. The third-order valence-corrected chi connectivity index (χ3v) is 3.68. The normalized spacial score (nSPS) is 23.5. The summed E-state index contributed by atoms with van der Waals surface area (Å²) in [5, 5.41) is 11.0. The first-order valence-corrected chi connectivity index (χ1v) is 5.57. The van der Waals surface area contributed by atoms with E-state index in [1.165, 1.54) is 17.0 Å². The maximum atomic E-state index is 13.1. The van der Waals surface area contributed by atoms with Gasteiger partial charge in [-0.2, -0.15) is 0 Å². The summed E-state index contributed by atoms with van der Waals surface area (Å²) < 4.78 is 13.1. The minimum Gasteiger partial charge on any atom is -0.336 e. The van der Waals surface area contributed by atoms with Gasteiger partial charge in [-0.3, -0.25) is 14.9 Å². The quantitative estimate of drug-likeness (QED) is 0.598. The van der Waals surface area contributed by atoms with Gasteiger partial charge in [0.25, 0.3) is 5.69 Å². The summed E-state index contributed by atoms with van der Waals surface area (Å²) in [7, 11) is 1.61. The van der Waals surface area contributed by atoms with Crippen LogP contribution in [-0.2, 0) is 10.3 Å². The molecule has 0 aliphatic carbocycles. The van der Waals surface area contributed by atoms with Crippen LogP contribution < -0.4 is 0 Å². The molecule has 1 aliphatic heterocycles. The molecule has 6 heteroatoms. The van der Waals surface area contributed by atoms with Gasteiger partial charge in [0.05, 0.1) is 22.1 Å². The molecule has 96 valence electrons. The maximum absolute atomic E-state index is 13.1. The number of nitro benzene ring substituents is 1. The summed E-state index contributed by atoms with van der Waals surface area (Å²) in [6, 6.07) is 3.48. The standard InChI is InChI=1S/C12H13FN2O3/c1-12(6-5-11(16)14(12)2)9-4-3-8(13)7-10(9)15(17)18/h3-4,7H,5-6H2,1-2H3. The SMILES string of the molecule is CN1C(=O)CCC1(C)c1ccc(F)cc1[N+](=O)[O-]. The average molecular weight is 252 g/mol. The fraction of sp³-hybridized carbons (Fsp3) is 0.417. The highest BCUT2D eigenvalue weighted by Crippen LogP contribution is 2.42. The third-order valence-electron chi connectivity index (χ3n) is 3.68. The van der Waals surface area contributed by atoms with Crippen LogP contribution in [0.3, 0.4) is 0 Å². The molecule has 1 aromatic carbocycles. The number of halogens is 1. The molecule has 5 nitrogen and oxygen atoms in total. The molecule has 1 atom stereocenters. The second kappa shape index (κ2) is 4.04. The van der Waals surface area contributed by atoms with Crippen molar-refractivity contribution in [2.45, 2.75) is 25.3 Å². The van der Waals surface area contributed by atoms with Crippen molar-refractivity contribution in [1.29, 1.82) is 0 Å². The van der Waals surface area contributed by atoms with Crippen LogP contribution in [-0.4, -0.2) is 22.8 Å². The van der Waals surface area contributed by atoms with Crippen molar-refractivity contribution in [3.05, 3.63) is 39.7 Å². The first kappa shape index (κ1) is 12.5. The number of hydrogen-bond acceptors (Lipinski definition) is 3. The minimum atomic E-state index is -0.743. The number of nitrogens with zero attached hydrogens (tertiary/aromatic N) is 2. The van der Waals surface area contributed by atoms with Crippen LogP contribution in [0.15, 0.2) is 18.2 Å². The van der Waals surface area contributed by atoms with E-state index in [0.717, 1.165) is 6.07 Å². The maximum Gasteiger partial charge on any atom is 0.277 e. The molecule has 1 saturated heterocycles. The van der Waals surface area contributed by atoms with Gasteiger partial charge in [0, 0.05) is 13.5 Å². The van der Waals surface area contributed by atoms with Gasteiger partial charge in [-0.25, -0.2) is 4.39 Å². The highest BCUT2D eigenvalue weighted by atomic mass is 19.1. The zero-order valence-corrected chi connectivity index (χ0v) is 10.1. The van der Waals surface area contributed by atoms with Crippen molar-refractivity contribution in [2.75, 3.05) is 7.05 Å². The minimum absolute atomic E-state index is 0.0591. The Balaban J connectivity index is 2.58. The van der Waals surface area contributed by atoms with Crippen molar-refractivity contribution < 1.29 is 14.1 Å². The lowest BCUT2D eigenvalue weighted by molar-refractivity contribution is -0.386. The molecular weight excluding hydrogens is 239 g/mol. The molecular formula is C12H13FN2O3. The lowest BCUT2D eigenvalue weighted by Gasteiger charge is -2.32. The van der Waals surface area contributed by atoms with Gasteiger partial charge in [0.15, 0.2) is 0 Å². The first-order valence-electron chi connectivity index (χ1n) is 5.57. The molecule has 0 N–H and O–H groups in total. The van der Waals surface area contributed by atoms with E-state index in [9.17, 15) is 19.3 Å². The molecule has 1 fully saturated rings. The topological polar surface area (TPSA) is 63.5 Å². The molecule has 1 aromatic rings. The zero-order chi connectivity index (χ0) is 13.5. The number of rotatable bonds is 2. The Labute approximate surface area is 103 Å². The predicted molar refractivity (Wildman–Crippen MR) is 62.4 cm³/mol. The summed E-state index contributed by atoms with van der Waals surface area (Å²) in [5.41, 5.74) is -0.644. The van der Waals surface area contributed by atoms with Crippen molar-refractivity contribution in [3.63, 3.8) is 0 Å². The summed E-state index contributed by atoms with van der Waals surface area (Å²) in [5.74, 6) is -0.711. The molecule has 0 aromatic heterocycles. The average Bonchev–Trinajstić information content (AvgIpc) is 2.58. The molecule has 0 spiro atoms. The van der Waals surface area contributed by atoms with Gasteiger partial charge in [0.1, 0.15) is 5.82 Å². The van der Waals surface area contributed by atoms with Crippen LogP contribution in [0.4, 0.5) is 10.1 Å². The van der Waals surface area contributed by atoms with E-state index in [2.05, 4.69) is 0 Å². The van der Waals surface area contributed by atoms with E-state index in [1.54, 1.807) is 14.0 Å². The van der Waals surface area contributed by atoms with Gasteiger partial charge >= 0.3 is 0 Å². The van der Waals surface area contributed by atoms with Crippen molar-refractivity contribution in [2.24, 2.45) is 0 Å². The molecule has 0 bridgehead atoms. The molecule has 1 heterocycles. The van der Waals surface area contributed by atoms with Gasteiger partial charge in [0.2, 0.25) is 5.91 Å². The number of likely N-dealkylation sites (tertiary alicyclic amines) is 1. The Morgan fingerprint density at radius 3 is 2.67 bits per heavy atom. The van der Waals surface area contributed by atoms with Crippen molar-refractivity contribution in [3.8, 4) is 0 Å². The van der Waals surface area contributed by atoms with Gasteiger partial charge in [-0.15, -0.1) is 0 Å². The Morgan fingerprint density at radius 2 is 2.17 bits per heavy atom. The van der Waals surface area contributed by atoms with Crippen LogP contribution >= 0.6 is 0 Å². The van der Waals surface area contributed by atoms with Crippen LogP contribution in [0.5, 0.6) is 0 Å². The smallest absolute Gasteiger partial charge is 0.277 e. The summed E-state index contributed by atoms with van der Waals surface area (Å²) >= 11 is 0. The van der Waals surface area contributed by atoms with Crippen molar-refractivity contribution >= 4 is 11.6 Å². The fourth-order valence-electron chi connectivity index (χ4n) is 2.39. The zero-order valence-electron chi connectivity index (χ0n) is 10.1. The Morgan fingerprint density at radius 1 is 1.50 bits per heavy atom. The van der Waals surface area contributed by atoms with E-state index in [0.29, 0.717) is 18.4 Å². The van der Waals surface area contributed by atoms with E-state index in [-0.39, 0.29) is 11.6 Å².